The largest absolute Gasteiger partial charge is 2.00 e. The molecule has 0 N–H and O–H groups in total. The normalized spacial score (nSPS) is 11.8. The quantitative estimate of drug-likeness (QED) is 0.0248. The Kier molecular flexibility index (Phi) is 38.9. The van der Waals surface area contributed by atoms with Gasteiger partial charge in [0, 0.05) is 0 Å². The molecule has 6 nitrogen and oxygen atoms in total. The molecule has 0 aromatic heterocycles. The Morgan fingerprint density at radius 1 is 0.301 bits per heavy atom. The molecule has 73 heavy (non-hydrogen) atoms. The third kappa shape index (κ3) is 28.3. The van der Waals surface area contributed by atoms with Crippen molar-refractivity contribution in [1.29, 1.82) is 0 Å². The van der Waals surface area contributed by atoms with Crippen LogP contribution in [0.15, 0.2) is 70.5 Å². The Morgan fingerprint density at radius 2 is 0.507 bits per heavy atom. The Morgan fingerprint density at radius 3 is 0.740 bits per heavy atom. The molecule has 0 heterocycles. The molecule has 4 aromatic carbocycles. The van der Waals surface area contributed by atoms with Crippen LogP contribution >= 0.6 is 0 Å². The summed E-state index contributed by atoms with van der Waals surface area (Å²) in [6.07, 6.45) is 47.6. The molecule has 0 fully saturated rings. The van der Waals surface area contributed by atoms with Gasteiger partial charge in [0.2, 0.25) is 0 Å². The number of hydrogen-bond donors (Lipinski definition) is 0. The van der Waals surface area contributed by atoms with Crippen molar-refractivity contribution in [2.45, 2.75) is 294 Å². The minimum absolute atomic E-state index is 0. The van der Waals surface area contributed by atoms with Crippen molar-refractivity contribution in [3.8, 4) is 0 Å². The molecular formula is C64H102BaO6S2. The van der Waals surface area contributed by atoms with Crippen molar-refractivity contribution in [2.75, 3.05) is 0 Å². The Hall–Kier alpha value is -1.21. The number of benzene rings is 4. The maximum absolute atomic E-state index is 12.3. The molecule has 0 radical (unpaired) electrons. The molecule has 0 unspecified atom stereocenters. The van der Waals surface area contributed by atoms with Crippen molar-refractivity contribution in [1.82, 2.24) is 0 Å². The number of hydrogen-bond acceptors (Lipinski definition) is 6. The van der Waals surface area contributed by atoms with E-state index in [4.69, 9.17) is 0 Å². The third-order valence-corrected chi connectivity index (χ3v) is 16.9. The van der Waals surface area contributed by atoms with E-state index in [0.717, 1.165) is 108 Å². The van der Waals surface area contributed by atoms with Gasteiger partial charge in [-0.25, -0.2) is 16.8 Å². The van der Waals surface area contributed by atoms with Gasteiger partial charge in [-0.2, -0.15) is 0 Å². The molecule has 0 amide bonds. The number of rotatable bonds is 42. The van der Waals surface area contributed by atoms with Crippen LogP contribution in [0.1, 0.15) is 281 Å². The van der Waals surface area contributed by atoms with Crippen molar-refractivity contribution >= 4 is 90.7 Å². The van der Waals surface area contributed by atoms with Gasteiger partial charge in [0.15, 0.2) is 0 Å². The van der Waals surface area contributed by atoms with Crippen LogP contribution in [0.3, 0.4) is 0 Å². The fourth-order valence-electron chi connectivity index (χ4n) is 10.8. The summed E-state index contributed by atoms with van der Waals surface area (Å²) in [7, 11) is -9.02. The minimum atomic E-state index is -4.51. The van der Waals surface area contributed by atoms with Crippen LogP contribution in [-0.4, -0.2) is 74.8 Å². The molecule has 0 atom stereocenters. The number of fused-ring (bicyclic) bond motifs is 2. The summed E-state index contributed by atoms with van der Waals surface area (Å²) < 4.78 is 73.7. The van der Waals surface area contributed by atoms with E-state index in [2.05, 4.69) is 39.8 Å². The Bertz CT molecular complexity index is 2100. The van der Waals surface area contributed by atoms with Gasteiger partial charge in [0.1, 0.15) is 20.2 Å². The molecule has 4 aromatic rings. The van der Waals surface area contributed by atoms with E-state index in [-0.39, 0.29) is 58.7 Å². The van der Waals surface area contributed by atoms with Gasteiger partial charge in [-0.1, -0.05) is 282 Å². The summed E-state index contributed by atoms with van der Waals surface area (Å²) >= 11 is 0. The monoisotopic (exact) mass is 1170 g/mol. The zero-order valence-electron chi connectivity index (χ0n) is 47.0. The first-order valence-electron chi connectivity index (χ1n) is 30.0. The first-order valence-corrected chi connectivity index (χ1v) is 32.8. The summed E-state index contributed by atoms with van der Waals surface area (Å²) in [6.45, 7) is 8.97. The van der Waals surface area contributed by atoms with Crippen molar-refractivity contribution in [2.24, 2.45) is 0 Å². The summed E-state index contributed by atoms with van der Waals surface area (Å²) in [5.74, 6) is 0. The van der Waals surface area contributed by atoms with Gasteiger partial charge >= 0.3 is 48.9 Å². The maximum atomic E-state index is 12.3. The zero-order valence-corrected chi connectivity index (χ0v) is 53.1. The predicted octanol–water partition coefficient (Wildman–Crippen LogP) is 19.4. The zero-order chi connectivity index (χ0) is 52.1. The van der Waals surface area contributed by atoms with Crippen LogP contribution in [-0.2, 0) is 45.9 Å². The SMILES string of the molecule is CCCCCCCCCCCc1cc(S(=O)(=O)[O-])c(CCCCCCCCCCC)c2ccccc12.CCCCCCCCCCCc1cc(S(=O)(=O)[O-])c(CCCCCCCCCCC)c2ccccc12.[Ba+2]. The van der Waals surface area contributed by atoms with Gasteiger partial charge in [-0.3, -0.25) is 0 Å². The second kappa shape index (κ2) is 41.8. The molecule has 0 aliphatic heterocycles. The van der Waals surface area contributed by atoms with Gasteiger partial charge in [0.05, 0.1) is 9.79 Å². The molecule has 0 bridgehead atoms. The Balaban J connectivity index is 0.000000493. The van der Waals surface area contributed by atoms with Gasteiger partial charge in [-0.15, -0.1) is 0 Å². The fraction of sp³-hybridized carbons (Fsp3) is 0.688. The molecule has 0 aliphatic rings. The minimum Gasteiger partial charge on any atom is -0.744 e. The van der Waals surface area contributed by atoms with Crippen LogP contribution in [0, 0.1) is 0 Å². The maximum Gasteiger partial charge on any atom is 2.00 e. The van der Waals surface area contributed by atoms with E-state index in [1.165, 1.54) is 180 Å². The summed E-state index contributed by atoms with van der Waals surface area (Å²) in [5.41, 5.74) is 3.50. The molecule has 0 saturated heterocycles. The van der Waals surface area contributed by atoms with Crippen molar-refractivity contribution < 1.29 is 25.9 Å². The van der Waals surface area contributed by atoms with Crippen LogP contribution in [0.5, 0.6) is 0 Å². The van der Waals surface area contributed by atoms with E-state index in [0.29, 0.717) is 12.8 Å². The molecular weight excluding hydrogens is 1070 g/mol. The van der Waals surface area contributed by atoms with Crippen molar-refractivity contribution in [3.63, 3.8) is 0 Å². The topological polar surface area (TPSA) is 114 Å². The molecule has 9 heteroatoms. The van der Waals surface area contributed by atoms with Crippen LogP contribution < -0.4 is 0 Å². The van der Waals surface area contributed by atoms with Crippen LogP contribution in [0.4, 0.5) is 0 Å². The first kappa shape index (κ1) is 67.9. The smallest absolute Gasteiger partial charge is 0.744 e. The summed E-state index contributed by atoms with van der Waals surface area (Å²) in [6, 6.07) is 19.6. The number of aryl methyl sites for hydroxylation is 4. The Labute approximate surface area is 489 Å². The summed E-state index contributed by atoms with van der Waals surface area (Å²) in [4.78, 5) is 0.0402. The molecule has 0 saturated carbocycles. The average Bonchev–Trinajstić information content (AvgIpc) is 3.36. The second-order valence-electron chi connectivity index (χ2n) is 21.3. The third-order valence-electron chi connectivity index (χ3n) is 15.1. The number of unbranched alkanes of at least 4 members (excludes halogenated alkanes) is 32. The molecule has 0 spiro atoms. The molecule has 0 aliphatic carbocycles. The van der Waals surface area contributed by atoms with Crippen LogP contribution in [0.25, 0.3) is 21.5 Å². The first-order chi connectivity index (χ1) is 35.0. The molecule has 408 valence electrons. The van der Waals surface area contributed by atoms with E-state index >= 15 is 0 Å². The van der Waals surface area contributed by atoms with Crippen LogP contribution in [0.2, 0.25) is 0 Å². The van der Waals surface area contributed by atoms with E-state index < -0.39 is 20.2 Å². The van der Waals surface area contributed by atoms with E-state index in [1.807, 2.05) is 36.4 Å². The standard InChI is InChI=1S/2C32H52O3S.Ba/c2*1-3-5-7-9-11-13-15-17-19-23-28-27-32(36(33,34)35)31(30-25-22-21-24-29(28)30)26-20-18-16-14-12-10-8-6-4-2;/h2*21-22,24-25,27H,3-20,23,26H2,1-2H3,(H,33,34,35);/q;;+2/p-2. The van der Waals surface area contributed by atoms with Gasteiger partial charge in [-0.05, 0) is 107 Å². The van der Waals surface area contributed by atoms with E-state index in [1.54, 1.807) is 12.1 Å². The van der Waals surface area contributed by atoms with Gasteiger partial charge < -0.3 is 9.11 Å². The second-order valence-corrected chi connectivity index (χ2v) is 24.0. The fourth-order valence-corrected chi connectivity index (χ4v) is 12.4. The molecule has 4 rings (SSSR count). The van der Waals surface area contributed by atoms with Crippen molar-refractivity contribution in [3.05, 3.63) is 82.9 Å². The average molecular weight is 1170 g/mol. The van der Waals surface area contributed by atoms with E-state index in [9.17, 15) is 25.9 Å². The summed E-state index contributed by atoms with van der Waals surface area (Å²) in [5, 5.41) is 4.16. The van der Waals surface area contributed by atoms with Gasteiger partial charge in [0.25, 0.3) is 0 Å². The predicted molar refractivity (Wildman–Crippen MR) is 313 cm³/mol.